The average Bonchev–Trinajstić information content (AvgIpc) is 2.54. The molecular weight excluding hydrogens is 298 g/mol. The fourth-order valence-corrected chi connectivity index (χ4v) is 2.36. The summed E-state index contributed by atoms with van der Waals surface area (Å²) >= 11 is 0. The molecule has 6 nitrogen and oxygen atoms in total. The molecule has 0 saturated heterocycles. The molecule has 0 saturated carbocycles. The fourth-order valence-electron chi connectivity index (χ4n) is 2.36. The number of carboxylic acid groups (broad SMARTS) is 1. The quantitative estimate of drug-likeness (QED) is 0.646. The number of carbonyl (C=O) groups is 1. The van der Waals surface area contributed by atoms with Crippen molar-refractivity contribution in [2.45, 2.75) is 45.8 Å². The van der Waals surface area contributed by atoms with Crippen molar-refractivity contribution in [3.8, 4) is 11.5 Å². The third-order valence-electron chi connectivity index (χ3n) is 3.58. The van der Waals surface area contributed by atoms with Crippen molar-refractivity contribution in [2.24, 2.45) is 0 Å². The first-order valence-electron chi connectivity index (χ1n) is 7.86. The lowest BCUT2D eigenvalue weighted by atomic mass is 10.0. The molecule has 0 spiro atoms. The molecule has 0 fully saturated rings. The normalized spacial score (nSPS) is 11.8. The molecule has 1 atom stereocenters. The van der Waals surface area contributed by atoms with Gasteiger partial charge in [-0.25, -0.2) is 4.79 Å². The number of benzene rings is 1. The van der Waals surface area contributed by atoms with E-state index < -0.39 is 6.09 Å². The Kier molecular flexibility index (Phi) is 8.26. The van der Waals surface area contributed by atoms with Crippen molar-refractivity contribution in [3.63, 3.8) is 0 Å². The molecule has 0 aromatic heterocycles. The highest BCUT2D eigenvalue weighted by Gasteiger charge is 2.16. The predicted octanol–water partition coefficient (Wildman–Crippen LogP) is 3.22. The Morgan fingerprint density at radius 1 is 1.17 bits per heavy atom. The summed E-state index contributed by atoms with van der Waals surface area (Å²) in [5.41, 5.74) is 1.82. The van der Waals surface area contributed by atoms with Gasteiger partial charge < -0.3 is 24.6 Å². The minimum absolute atomic E-state index is 0.173. The summed E-state index contributed by atoms with van der Waals surface area (Å²) in [7, 11) is 3.22. The molecule has 1 rings (SSSR count). The second kappa shape index (κ2) is 9.94. The lowest BCUT2D eigenvalue weighted by Crippen LogP contribution is -2.34. The van der Waals surface area contributed by atoms with E-state index in [1.165, 1.54) is 0 Å². The first kappa shape index (κ1) is 19.1. The highest BCUT2D eigenvalue weighted by Crippen LogP contribution is 2.30. The van der Waals surface area contributed by atoms with Gasteiger partial charge in [-0.1, -0.05) is 13.8 Å². The molecule has 0 aliphatic rings. The highest BCUT2D eigenvalue weighted by atomic mass is 16.5. The molecule has 1 aromatic rings. The monoisotopic (exact) mass is 325 g/mol. The zero-order valence-electron chi connectivity index (χ0n) is 14.3. The molecule has 1 amide bonds. The molecule has 1 unspecified atom stereocenters. The smallest absolute Gasteiger partial charge is 0.404 e. The second-order valence-electron chi connectivity index (χ2n) is 5.29. The number of methoxy groups -OCH3 is 2. The van der Waals surface area contributed by atoms with Crippen molar-refractivity contribution in [1.29, 1.82) is 0 Å². The third-order valence-corrected chi connectivity index (χ3v) is 3.58. The van der Waals surface area contributed by atoms with Gasteiger partial charge in [0, 0.05) is 18.2 Å². The fraction of sp³-hybridized carbons (Fsp3) is 0.588. The van der Waals surface area contributed by atoms with Crippen molar-refractivity contribution in [3.05, 3.63) is 23.3 Å². The number of hydrogen-bond donors (Lipinski definition) is 2. The van der Waals surface area contributed by atoms with Gasteiger partial charge in [-0.3, -0.25) is 0 Å². The Labute approximate surface area is 137 Å². The Morgan fingerprint density at radius 3 is 2.30 bits per heavy atom. The van der Waals surface area contributed by atoms with E-state index in [2.05, 4.69) is 12.2 Å². The summed E-state index contributed by atoms with van der Waals surface area (Å²) in [4.78, 5) is 10.9. The maximum Gasteiger partial charge on any atom is 0.404 e. The maximum absolute atomic E-state index is 10.9. The van der Waals surface area contributed by atoms with Crippen LogP contribution in [-0.2, 0) is 17.8 Å². The summed E-state index contributed by atoms with van der Waals surface area (Å²) in [5, 5.41) is 11.4. The summed E-state index contributed by atoms with van der Waals surface area (Å²) in [6.45, 7) is 5.14. The summed E-state index contributed by atoms with van der Waals surface area (Å²) in [6, 6.07) is 3.63. The third kappa shape index (κ3) is 5.98. The van der Waals surface area contributed by atoms with Crippen LogP contribution in [0, 0.1) is 0 Å². The van der Waals surface area contributed by atoms with Crippen molar-refractivity contribution >= 4 is 6.09 Å². The van der Waals surface area contributed by atoms with Gasteiger partial charge in [0.05, 0.1) is 20.8 Å². The van der Waals surface area contributed by atoms with Crippen LogP contribution in [0.2, 0.25) is 0 Å². The van der Waals surface area contributed by atoms with E-state index in [0.29, 0.717) is 31.8 Å². The molecule has 0 radical (unpaired) electrons. The Hall–Kier alpha value is -1.95. The Morgan fingerprint density at radius 2 is 1.78 bits per heavy atom. The van der Waals surface area contributed by atoms with Gasteiger partial charge in [0.15, 0.2) is 0 Å². The van der Waals surface area contributed by atoms with Gasteiger partial charge in [-0.15, -0.1) is 0 Å². The highest BCUT2D eigenvalue weighted by molar-refractivity contribution is 5.65. The molecule has 0 aliphatic carbocycles. The van der Waals surface area contributed by atoms with E-state index in [9.17, 15) is 4.79 Å². The summed E-state index contributed by atoms with van der Waals surface area (Å²) in [6.07, 6.45) is 1.17. The van der Waals surface area contributed by atoms with Gasteiger partial charge in [0.25, 0.3) is 0 Å². The molecule has 0 bridgehead atoms. The number of hydrogen-bond acceptors (Lipinski definition) is 4. The average molecular weight is 325 g/mol. The van der Waals surface area contributed by atoms with E-state index in [1.54, 1.807) is 14.2 Å². The van der Waals surface area contributed by atoms with E-state index in [0.717, 1.165) is 23.3 Å². The van der Waals surface area contributed by atoms with Crippen LogP contribution < -0.4 is 14.8 Å². The lowest BCUT2D eigenvalue weighted by molar-refractivity contribution is 0.119. The van der Waals surface area contributed by atoms with Crippen LogP contribution in [0.15, 0.2) is 12.1 Å². The number of nitrogens with one attached hydrogen (secondary N) is 1. The Balaban J connectivity index is 3.00. The lowest BCUT2D eigenvalue weighted by Gasteiger charge is -2.19. The number of ether oxygens (including phenoxy) is 3. The van der Waals surface area contributed by atoms with Crippen molar-refractivity contribution in [1.82, 2.24) is 5.32 Å². The van der Waals surface area contributed by atoms with Crippen LogP contribution in [0.3, 0.4) is 0 Å². The molecule has 23 heavy (non-hydrogen) atoms. The minimum atomic E-state index is -1.02. The van der Waals surface area contributed by atoms with Gasteiger partial charge in [-0.05, 0) is 37.0 Å². The second-order valence-corrected chi connectivity index (χ2v) is 5.29. The number of rotatable bonds is 10. The minimum Gasteiger partial charge on any atom is -0.496 e. The van der Waals surface area contributed by atoms with Crippen LogP contribution in [0.1, 0.15) is 37.8 Å². The van der Waals surface area contributed by atoms with Gasteiger partial charge >= 0.3 is 6.09 Å². The summed E-state index contributed by atoms with van der Waals surface area (Å²) in [5.74, 6) is 1.44. The maximum atomic E-state index is 10.9. The first-order valence-corrected chi connectivity index (χ1v) is 7.86. The zero-order chi connectivity index (χ0) is 17.2. The van der Waals surface area contributed by atoms with Crippen LogP contribution in [0.5, 0.6) is 11.5 Å². The van der Waals surface area contributed by atoms with Crippen molar-refractivity contribution < 1.29 is 24.1 Å². The Bertz CT molecular complexity index is 504. The summed E-state index contributed by atoms with van der Waals surface area (Å²) < 4.78 is 16.5. The molecule has 0 heterocycles. The van der Waals surface area contributed by atoms with E-state index in [4.69, 9.17) is 19.3 Å². The van der Waals surface area contributed by atoms with Crippen LogP contribution in [0.4, 0.5) is 4.79 Å². The topological polar surface area (TPSA) is 77.0 Å². The van der Waals surface area contributed by atoms with Gasteiger partial charge in [-0.2, -0.15) is 0 Å². The van der Waals surface area contributed by atoms with E-state index >= 15 is 0 Å². The standard InChI is InChI=1S/C17H27NO5/c1-5-7-23-11-13-10-15(21-3)12(9-16(13)22-4)8-14(6-2)18-17(19)20/h9-10,14,18H,5-8,11H2,1-4H3,(H,19,20). The largest absolute Gasteiger partial charge is 0.496 e. The van der Waals surface area contributed by atoms with Gasteiger partial charge in [0.2, 0.25) is 0 Å². The molecule has 0 aliphatic heterocycles. The van der Waals surface area contributed by atoms with E-state index in [1.807, 2.05) is 19.1 Å². The molecule has 6 heteroatoms. The molecule has 130 valence electrons. The van der Waals surface area contributed by atoms with Crippen LogP contribution in [-0.4, -0.2) is 38.1 Å². The predicted molar refractivity (Wildman–Crippen MR) is 88.4 cm³/mol. The first-order chi connectivity index (χ1) is 11.0. The van der Waals surface area contributed by atoms with Crippen molar-refractivity contribution in [2.75, 3.05) is 20.8 Å². The number of amides is 1. The molecule has 2 N–H and O–H groups in total. The zero-order valence-corrected chi connectivity index (χ0v) is 14.3. The van der Waals surface area contributed by atoms with E-state index in [-0.39, 0.29) is 6.04 Å². The molecule has 1 aromatic carbocycles. The van der Waals surface area contributed by atoms with Crippen LogP contribution >= 0.6 is 0 Å². The van der Waals surface area contributed by atoms with Crippen LogP contribution in [0.25, 0.3) is 0 Å². The SMILES string of the molecule is CCCOCc1cc(OC)c(CC(CC)NC(=O)O)cc1OC. The molecular formula is C17H27NO5. The van der Waals surface area contributed by atoms with Gasteiger partial charge in [0.1, 0.15) is 11.5 Å².